The van der Waals surface area contributed by atoms with Crippen LogP contribution in [0.25, 0.3) is 5.69 Å². The summed E-state index contributed by atoms with van der Waals surface area (Å²) in [6.45, 7) is 0.319. The number of rotatable bonds is 7. The van der Waals surface area contributed by atoms with Crippen molar-refractivity contribution in [3.05, 3.63) is 42.0 Å². The van der Waals surface area contributed by atoms with Crippen molar-refractivity contribution in [1.82, 2.24) is 20.2 Å². The van der Waals surface area contributed by atoms with Crippen molar-refractivity contribution in [3.8, 4) is 18.0 Å². The third kappa shape index (κ3) is 4.84. The Hall–Kier alpha value is -2.79. The van der Waals surface area contributed by atoms with Gasteiger partial charge in [-0.05, 0) is 30.5 Å². The lowest BCUT2D eigenvalue weighted by molar-refractivity contribution is -0.120. The molecule has 0 spiro atoms. The summed E-state index contributed by atoms with van der Waals surface area (Å²) < 4.78 is 14.8. The largest absolute Gasteiger partial charge is 0.350 e. The first-order chi connectivity index (χ1) is 12.1. The molecule has 0 saturated carbocycles. The number of carbonyl (C=O) groups is 2. The van der Waals surface area contributed by atoms with Gasteiger partial charge in [-0.15, -0.1) is 6.42 Å². The third-order valence-corrected chi connectivity index (χ3v) is 3.91. The Balaban J connectivity index is 2.10. The lowest BCUT2D eigenvalue weighted by Gasteiger charge is -2.11. The number of aromatic nitrogens is 2. The van der Waals surface area contributed by atoms with Crippen molar-refractivity contribution >= 4 is 23.6 Å². The number of hydrogen-bond donors (Lipinski definition) is 2. The topological polar surface area (TPSA) is 76.0 Å². The summed E-state index contributed by atoms with van der Waals surface area (Å²) in [4.78, 5) is 28.1. The molecule has 0 aliphatic carbocycles. The van der Waals surface area contributed by atoms with Crippen molar-refractivity contribution in [2.45, 2.75) is 11.6 Å². The van der Waals surface area contributed by atoms with Gasteiger partial charge in [-0.2, -0.15) is 0 Å². The second kappa shape index (κ2) is 8.89. The molecule has 6 nitrogen and oxygen atoms in total. The summed E-state index contributed by atoms with van der Waals surface area (Å²) in [5.74, 6) is 1.33. The standard InChI is InChI=1S/C17H17FN4O2S/c1-3-9-19-15(23)8-10-20-16(24)14-11-21-17(25-2)22(14)13-6-4-12(18)5-7-13/h1,4-7,11H,8-10H2,2H3,(H,19,23)(H,20,24). The molecular weight excluding hydrogens is 343 g/mol. The normalized spacial score (nSPS) is 10.1. The van der Waals surface area contributed by atoms with Gasteiger partial charge in [0.1, 0.15) is 11.5 Å². The monoisotopic (exact) mass is 360 g/mol. The number of hydrogen-bond acceptors (Lipinski definition) is 4. The Morgan fingerprint density at radius 3 is 2.68 bits per heavy atom. The van der Waals surface area contributed by atoms with Crippen LogP contribution in [0.2, 0.25) is 0 Å². The molecule has 0 fully saturated rings. The molecule has 25 heavy (non-hydrogen) atoms. The highest BCUT2D eigenvalue weighted by atomic mass is 32.2. The number of benzene rings is 1. The summed E-state index contributed by atoms with van der Waals surface area (Å²) in [6, 6.07) is 5.77. The lowest BCUT2D eigenvalue weighted by Crippen LogP contribution is -2.31. The van der Waals surface area contributed by atoms with Gasteiger partial charge >= 0.3 is 0 Å². The zero-order valence-corrected chi connectivity index (χ0v) is 14.4. The Morgan fingerprint density at radius 2 is 2.04 bits per heavy atom. The molecule has 2 N–H and O–H groups in total. The summed E-state index contributed by atoms with van der Waals surface area (Å²) in [5, 5.41) is 5.79. The van der Waals surface area contributed by atoms with Crippen molar-refractivity contribution < 1.29 is 14.0 Å². The minimum atomic E-state index is -0.373. The van der Waals surface area contributed by atoms with Crippen LogP contribution in [0.3, 0.4) is 0 Å². The van der Waals surface area contributed by atoms with Crippen LogP contribution in [0.5, 0.6) is 0 Å². The predicted molar refractivity (Wildman–Crippen MR) is 94.1 cm³/mol. The van der Waals surface area contributed by atoms with Gasteiger partial charge in [0.25, 0.3) is 5.91 Å². The fourth-order valence-corrected chi connectivity index (χ4v) is 2.64. The molecule has 0 aliphatic heterocycles. The van der Waals surface area contributed by atoms with Crippen molar-refractivity contribution in [1.29, 1.82) is 0 Å². The number of terminal acetylenes is 1. The summed E-state index contributed by atoms with van der Waals surface area (Å²) in [7, 11) is 0. The maximum absolute atomic E-state index is 13.1. The van der Waals surface area contributed by atoms with Gasteiger partial charge in [-0.3, -0.25) is 14.2 Å². The second-order valence-electron chi connectivity index (χ2n) is 4.93. The van der Waals surface area contributed by atoms with Gasteiger partial charge in [0.05, 0.1) is 12.7 Å². The van der Waals surface area contributed by atoms with E-state index in [0.29, 0.717) is 16.5 Å². The van der Waals surface area contributed by atoms with Crippen molar-refractivity contribution in [3.63, 3.8) is 0 Å². The van der Waals surface area contributed by atoms with Crippen molar-refractivity contribution in [2.24, 2.45) is 0 Å². The quantitative estimate of drug-likeness (QED) is 0.581. The number of nitrogens with zero attached hydrogens (tertiary/aromatic N) is 2. The molecule has 8 heteroatoms. The molecule has 0 radical (unpaired) electrons. The van der Waals surface area contributed by atoms with E-state index in [1.165, 1.54) is 30.1 Å². The van der Waals surface area contributed by atoms with Crippen LogP contribution < -0.4 is 10.6 Å². The molecule has 1 aromatic carbocycles. The maximum Gasteiger partial charge on any atom is 0.269 e. The minimum absolute atomic E-state index is 0.119. The molecule has 1 heterocycles. The third-order valence-electron chi connectivity index (χ3n) is 3.25. The highest BCUT2D eigenvalue weighted by Gasteiger charge is 2.17. The van der Waals surface area contributed by atoms with E-state index in [0.717, 1.165) is 0 Å². The maximum atomic E-state index is 13.1. The van der Waals surface area contributed by atoms with Crippen LogP contribution in [-0.4, -0.2) is 40.7 Å². The van der Waals surface area contributed by atoms with E-state index in [9.17, 15) is 14.0 Å². The summed E-state index contributed by atoms with van der Waals surface area (Å²) >= 11 is 1.37. The van der Waals surface area contributed by atoms with E-state index < -0.39 is 0 Å². The zero-order valence-electron chi connectivity index (χ0n) is 13.6. The number of nitrogens with one attached hydrogen (secondary N) is 2. The molecule has 130 valence electrons. The summed E-state index contributed by atoms with van der Waals surface area (Å²) in [5.41, 5.74) is 0.931. The van der Waals surface area contributed by atoms with Crippen LogP contribution in [-0.2, 0) is 4.79 Å². The zero-order chi connectivity index (χ0) is 18.2. The minimum Gasteiger partial charge on any atom is -0.350 e. The van der Waals surface area contributed by atoms with Crippen molar-refractivity contribution in [2.75, 3.05) is 19.3 Å². The molecule has 2 aromatic rings. The number of halogens is 1. The molecule has 1 aromatic heterocycles. The Kier molecular flexibility index (Phi) is 6.60. The Morgan fingerprint density at radius 1 is 1.32 bits per heavy atom. The average molecular weight is 360 g/mol. The van der Waals surface area contributed by atoms with Crippen LogP contribution in [0.1, 0.15) is 16.9 Å². The highest BCUT2D eigenvalue weighted by molar-refractivity contribution is 7.98. The van der Waals surface area contributed by atoms with Crippen LogP contribution in [0.4, 0.5) is 4.39 Å². The average Bonchev–Trinajstić information content (AvgIpc) is 3.04. The lowest BCUT2D eigenvalue weighted by atomic mass is 10.3. The molecule has 2 amide bonds. The van der Waals surface area contributed by atoms with Gasteiger partial charge in [-0.25, -0.2) is 9.37 Å². The first-order valence-corrected chi connectivity index (χ1v) is 8.65. The molecule has 0 bridgehead atoms. The van der Waals surface area contributed by atoms with Crippen LogP contribution >= 0.6 is 11.8 Å². The van der Waals surface area contributed by atoms with Gasteiger partial charge in [0, 0.05) is 18.7 Å². The molecule has 0 unspecified atom stereocenters. The van der Waals surface area contributed by atoms with E-state index in [1.54, 1.807) is 16.7 Å². The highest BCUT2D eigenvalue weighted by Crippen LogP contribution is 2.21. The summed E-state index contributed by atoms with van der Waals surface area (Å²) in [6.07, 6.45) is 8.46. The fourth-order valence-electron chi connectivity index (χ4n) is 2.10. The van der Waals surface area contributed by atoms with Crippen LogP contribution in [0, 0.1) is 18.2 Å². The SMILES string of the molecule is C#CCNC(=O)CCNC(=O)c1cnc(SC)n1-c1ccc(F)cc1. The van der Waals surface area contributed by atoms with Gasteiger partial charge in [0.2, 0.25) is 5.91 Å². The number of carbonyl (C=O) groups excluding carboxylic acids is 2. The van der Waals surface area contributed by atoms with E-state index in [1.807, 2.05) is 6.26 Å². The van der Waals surface area contributed by atoms with Gasteiger partial charge in [-0.1, -0.05) is 17.7 Å². The smallest absolute Gasteiger partial charge is 0.269 e. The first-order valence-electron chi connectivity index (χ1n) is 7.43. The predicted octanol–water partition coefficient (Wildman–Crippen LogP) is 1.60. The Bertz CT molecular complexity index is 796. The Labute approximate surface area is 149 Å². The molecule has 0 aliphatic rings. The molecule has 2 rings (SSSR count). The molecule has 0 saturated heterocycles. The van der Waals surface area contributed by atoms with Gasteiger partial charge < -0.3 is 10.6 Å². The number of thioether (sulfide) groups is 1. The fraction of sp³-hybridized carbons (Fsp3) is 0.235. The number of amides is 2. The molecule has 0 atom stereocenters. The number of imidazole rings is 1. The van der Waals surface area contributed by atoms with E-state index in [4.69, 9.17) is 6.42 Å². The second-order valence-corrected chi connectivity index (χ2v) is 5.70. The van der Waals surface area contributed by atoms with E-state index in [2.05, 4.69) is 21.5 Å². The molecular formula is C17H17FN4O2S. The van der Waals surface area contributed by atoms with Crippen LogP contribution in [0.15, 0.2) is 35.6 Å². The van der Waals surface area contributed by atoms with E-state index in [-0.39, 0.29) is 37.1 Å². The first kappa shape index (κ1) is 18.5. The van der Waals surface area contributed by atoms with E-state index >= 15 is 0 Å². The van der Waals surface area contributed by atoms with Gasteiger partial charge in [0.15, 0.2) is 5.16 Å².